The summed E-state index contributed by atoms with van der Waals surface area (Å²) in [5.74, 6) is 0.768. The number of hydrogen-bond acceptors (Lipinski definition) is 3. The first kappa shape index (κ1) is 10.5. The number of aldehydes is 1. The molecule has 0 saturated carbocycles. The molecule has 2 rings (SSSR count). The van der Waals surface area contributed by atoms with Crippen molar-refractivity contribution in [1.29, 1.82) is 0 Å². The summed E-state index contributed by atoms with van der Waals surface area (Å²) in [7, 11) is 0. The van der Waals surface area contributed by atoms with Crippen LogP contribution in [-0.4, -0.2) is 18.0 Å². The van der Waals surface area contributed by atoms with Gasteiger partial charge in [-0.15, -0.1) is 0 Å². The van der Waals surface area contributed by atoms with Crippen LogP contribution in [0.3, 0.4) is 0 Å². The highest BCUT2D eigenvalue weighted by Gasteiger charge is 2.06. The first-order valence-corrected chi connectivity index (χ1v) is 5.10. The third-order valence-corrected chi connectivity index (χ3v) is 2.44. The lowest BCUT2D eigenvalue weighted by Gasteiger charge is -2.07. The highest BCUT2D eigenvalue weighted by Crippen LogP contribution is 2.28. The number of fused-ring (bicyclic) bond motifs is 1. The molecule has 0 aliphatic carbocycles. The Kier molecular flexibility index (Phi) is 2.77. The molecule has 0 amide bonds. The average Bonchev–Trinajstić information content (AvgIpc) is 2.30. The zero-order valence-electron chi connectivity index (χ0n) is 8.93. The second-order valence-electron chi connectivity index (χ2n) is 3.43. The largest absolute Gasteiger partial charge is 0.507 e. The molecule has 2 aromatic carbocycles. The van der Waals surface area contributed by atoms with E-state index in [0.29, 0.717) is 18.5 Å². The van der Waals surface area contributed by atoms with Crippen molar-refractivity contribution in [3.05, 3.63) is 35.9 Å². The van der Waals surface area contributed by atoms with Crippen LogP contribution >= 0.6 is 0 Å². The Bertz CT molecular complexity index is 532. The van der Waals surface area contributed by atoms with Crippen molar-refractivity contribution in [1.82, 2.24) is 0 Å². The molecule has 16 heavy (non-hydrogen) atoms. The van der Waals surface area contributed by atoms with Gasteiger partial charge in [0.2, 0.25) is 0 Å². The molecule has 0 aliphatic heterocycles. The fourth-order valence-electron chi connectivity index (χ4n) is 1.70. The highest BCUT2D eigenvalue weighted by atomic mass is 16.5. The third kappa shape index (κ3) is 1.72. The van der Waals surface area contributed by atoms with Crippen LogP contribution in [0.1, 0.15) is 17.3 Å². The van der Waals surface area contributed by atoms with Gasteiger partial charge in [0.15, 0.2) is 6.29 Å². The van der Waals surface area contributed by atoms with E-state index in [0.717, 1.165) is 16.5 Å². The molecule has 3 nitrogen and oxygen atoms in total. The minimum atomic E-state index is 0.00617. The van der Waals surface area contributed by atoms with Crippen molar-refractivity contribution in [2.24, 2.45) is 0 Å². The van der Waals surface area contributed by atoms with Crippen LogP contribution < -0.4 is 4.74 Å². The predicted molar refractivity (Wildman–Crippen MR) is 62.2 cm³/mol. The summed E-state index contributed by atoms with van der Waals surface area (Å²) in [5.41, 5.74) is 0.320. The topological polar surface area (TPSA) is 46.5 Å². The molecular formula is C13H12O3. The van der Waals surface area contributed by atoms with Gasteiger partial charge in [-0.1, -0.05) is 6.07 Å². The summed E-state index contributed by atoms with van der Waals surface area (Å²) in [6, 6.07) is 8.70. The van der Waals surface area contributed by atoms with Crippen molar-refractivity contribution in [2.45, 2.75) is 6.92 Å². The van der Waals surface area contributed by atoms with Crippen LogP contribution in [0.25, 0.3) is 10.8 Å². The molecule has 0 fully saturated rings. The van der Waals surface area contributed by atoms with Crippen molar-refractivity contribution in [3.8, 4) is 11.5 Å². The lowest BCUT2D eigenvalue weighted by Crippen LogP contribution is -1.91. The van der Waals surface area contributed by atoms with E-state index in [4.69, 9.17) is 4.74 Å². The predicted octanol–water partition coefficient (Wildman–Crippen LogP) is 2.76. The number of benzene rings is 2. The Hall–Kier alpha value is -2.03. The van der Waals surface area contributed by atoms with Crippen molar-refractivity contribution < 1.29 is 14.6 Å². The molecule has 2 aromatic rings. The molecule has 0 heterocycles. The van der Waals surface area contributed by atoms with Crippen molar-refractivity contribution >= 4 is 17.1 Å². The zero-order chi connectivity index (χ0) is 11.5. The van der Waals surface area contributed by atoms with Crippen LogP contribution in [0.15, 0.2) is 30.3 Å². The van der Waals surface area contributed by atoms with Crippen LogP contribution in [0.2, 0.25) is 0 Å². The van der Waals surface area contributed by atoms with Gasteiger partial charge in [0, 0.05) is 0 Å². The second-order valence-corrected chi connectivity index (χ2v) is 3.43. The van der Waals surface area contributed by atoms with E-state index in [1.54, 1.807) is 18.2 Å². The lowest BCUT2D eigenvalue weighted by molar-refractivity contribution is 0.112. The molecule has 0 spiro atoms. The smallest absolute Gasteiger partial charge is 0.154 e. The Morgan fingerprint density at radius 3 is 2.81 bits per heavy atom. The molecule has 0 aliphatic rings. The van der Waals surface area contributed by atoms with Gasteiger partial charge >= 0.3 is 0 Å². The number of rotatable bonds is 3. The van der Waals surface area contributed by atoms with Crippen LogP contribution in [0.4, 0.5) is 0 Å². The van der Waals surface area contributed by atoms with Crippen molar-refractivity contribution in [2.75, 3.05) is 6.61 Å². The number of hydrogen-bond donors (Lipinski definition) is 1. The van der Waals surface area contributed by atoms with Gasteiger partial charge in [-0.2, -0.15) is 0 Å². The summed E-state index contributed by atoms with van der Waals surface area (Å²) >= 11 is 0. The number of aromatic hydroxyl groups is 1. The van der Waals surface area contributed by atoms with E-state index < -0.39 is 0 Å². The summed E-state index contributed by atoms with van der Waals surface area (Å²) in [4.78, 5) is 10.9. The lowest BCUT2D eigenvalue weighted by atomic mass is 10.0. The normalized spacial score (nSPS) is 10.3. The second kappa shape index (κ2) is 4.23. The van der Waals surface area contributed by atoms with Gasteiger partial charge in [0.05, 0.1) is 12.2 Å². The van der Waals surface area contributed by atoms with E-state index in [9.17, 15) is 9.90 Å². The van der Waals surface area contributed by atoms with Crippen LogP contribution in [0, 0.1) is 0 Å². The maximum atomic E-state index is 10.9. The first-order chi connectivity index (χ1) is 7.76. The molecule has 0 atom stereocenters. The summed E-state index contributed by atoms with van der Waals surface area (Å²) < 4.78 is 5.37. The Balaban J connectivity index is 2.64. The molecule has 3 heteroatoms. The highest BCUT2D eigenvalue weighted by molar-refractivity contribution is 6.01. The zero-order valence-corrected chi connectivity index (χ0v) is 8.93. The van der Waals surface area contributed by atoms with E-state index in [1.807, 2.05) is 13.0 Å². The number of carbonyl (C=O) groups excluding carboxylic acids is 1. The SMILES string of the molecule is CCOc1ccc2c(C=O)c(O)ccc2c1. The standard InChI is InChI=1S/C13H12O3/c1-2-16-10-4-5-11-9(7-10)3-6-13(15)12(11)8-14/h3-8,15H,2H2,1H3. The molecule has 0 aromatic heterocycles. The third-order valence-electron chi connectivity index (χ3n) is 2.44. The van der Waals surface area contributed by atoms with E-state index >= 15 is 0 Å². The van der Waals surface area contributed by atoms with E-state index in [-0.39, 0.29) is 5.75 Å². The number of phenols is 1. The van der Waals surface area contributed by atoms with Crippen LogP contribution in [0.5, 0.6) is 11.5 Å². The van der Waals surface area contributed by atoms with E-state index in [1.165, 1.54) is 6.07 Å². The van der Waals surface area contributed by atoms with Gasteiger partial charge < -0.3 is 9.84 Å². The summed E-state index contributed by atoms with van der Waals surface area (Å²) in [6.45, 7) is 2.52. The Morgan fingerprint density at radius 2 is 2.12 bits per heavy atom. The van der Waals surface area contributed by atoms with E-state index in [2.05, 4.69) is 0 Å². The van der Waals surface area contributed by atoms with Gasteiger partial charge in [-0.3, -0.25) is 4.79 Å². The van der Waals surface area contributed by atoms with Gasteiger partial charge in [-0.05, 0) is 42.0 Å². The first-order valence-electron chi connectivity index (χ1n) is 5.10. The fourth-order valence-corrected chi connectivity index (χ4v) is 1.70. The summed E-state index contributed by atoms with van der Waals surface area (Å²) in [5, 5.41) is 11.1. The summed E-state index contributed by atoms with van der Waals surface area (Å²) in [6.07, 6.45) is 0.665. The molecule has 0 bridgehead atoms. The van der Waals surface area contributed by atoms with Gasteiger partial charge in [-0.25, -0.2) is 0 Å². The Morgan fingerprint density at radius 1 is 1.31 bits per heavy atom. The molecule has 1 N–H and O–H groups in total. The minimum absolute atomic E-state index is 0.00617. The number of phenolic OH excluding ortho intramolecular Hbond substituents is 1. The Labute approximate surface area is 93.3 Å². The number of ether oxygens (including phenoxy) is 1. The monoisotopic (exact) mass is 216 g/mol. The number of carbonyl (C=O) groups is 1. The minimum Gasteiger partial charge on any atom is -0.507 e. The maximum absolute atomic E-state index is 10.9. The molecule has 0 saturated heterocycles. The average molecular weight is 216 g/mol. The molecular weight excluding hydrogens is 204 g/mol. The molecule has 0 unspecified atom stereocenters. The molecule has 82 valence electrons. The van der Waals surface area contributed by atoms with Gasteiger partial charge in [0.25, 0.3) is 0 Å². The molecule has 0 radical (unpaired) electrons. The quantitative estimate of drug-likeness (QED) is 0.802. The fraction of sp³-hybridized carbons (Fsp3) is 0.154. The van der Waals surface area contributed by atoms with Crippen LogP contribution in [-0.2, 0) is 0 Å². The van der Waals surface area contributed by atoms with Gasteiger partial charge in [0.1, 0.15) is 11.5 Å². The maximum Gasteiger partial charge on any atom is 0.154 e. The van der Waals surface area contributed by atoms with Crippen molar-refractivity contribution in [3.63, 3.8) is 0 Å².